The summed E-state index contributed by atoms with van der Waals surface area (Å²) < 4.78 is 523. The molecule has 35 heteroatoms. The van der Waals surface area contributed by atoms with E-state index in [-0.39, 0.29) is 101 Å². The molecule has 0 aliphatic carbocycles. The van der Waals surface area contributed by atoms with Crippen LogP contribution in [0.2, 0.25) is 0 Å². The monoisotopic (exact) mass is 2000 g/mol. The molecule has 5 saturated heterocycles. The van der Waals surface area contributed by atoms with Gasteiger partial charge in [-0.25, -0.2) is 0 Å². The number of amides is 10. The molecule has 20 heterocycles. The molecule has 5 aromatic heterocycles. The van der Waals surface area contributed by atoms with E-state index in [1.807, 2.05) is 0 Å². The number of aromatic nitrogens is 5. The van der Waals surface area contributed by atoms with Crippen LogP contribution in [0.3, 0.4) is 0 Å². The number of ether oxygens (including phenoxy) is 10. The smallest absolute Gasteiger partial charge is 0.245 e. The van der Waals surface area contributed by atoms with E-state index in [1.165, 1.54) is 18.2 Å². The van der Waals surface area contributed by atoms with Gasteiger partial charge in [0.05, 0.1) is 116 Å². The van der Waals surface area contributed by atoms with Gasteiger partial charge in [-0.15, -0.1) is 0 Å². The molecule has 10 amide bonds. The molecule has 35 nitrogen and oxygen atoms in total. The predicted molar refractivity (Wildman–Crippen MR) is 523 cm³/mol. The predicted octanol–water partition coefficient (Wildman–Crippen LogP) is 11.1. The molecule has 15 aromatic rings. The number of nitrogens with zero attached hydrogens (tertiary/aromatic N) is 10. The number of rotatable bonds is 5. The van der Waals surface area contributed by atoms with E-state index in [0.29, 0.717) is 55.6 Å². The zero-order chi connectivity index (χ0) is 147. The van der Waals surface area contributed by atoms with Crippen LogP contribution in [-0.2, 0) is 79.8 Å². The Hall–Kier alpha value is -17.4. The summed E-state index contributed by atoms with van der Waals surface area (Å²) in [5.74, 6) is -17.5. The number of para-hydroxylation sites is 5. The van der Waals surface area contributed by atoms with Crippen molar-refractivity contribution in [3.8, 4) is 57.5 Å². The summed E-state index contributed by atoms with van der Waals surface area (Å²) in [5.41, 5.74) is -8.02. The number of hydrogen-bond acceptors (Lipinski definition) is 20. The number of H-pyrrole nitrogens is 5. The minimum atomic E-state index is -3.18. The lowest BCUT2D eigenvalue weighted by atomic mass is 9.86. The van der Waals surface area contributed by atoms with Crippen LogP contribution in [0.5, 0.6) is 57.5 Å². The molecular weight excluding hydrogens is 1850 g/mol. The highest BCUT2D eigenvalue weighted by atomic mass is 16.7. The number of fused-ring (bicyclic) bond motifs is 25. The second-order valence-corrected chi connectivity index (χ2v) is 33.1. The highest BCUT2D eigenvalue weighted by Crippen LogP contribution is 2.53. The van der Waals surface area contributed by atoms with Crippen LogP contribution in [0.4, 0.5) is 0 Å². The van der Waals surface area contributed by atoms with Crippen molar-refractivity contribution in [1.29, 1.82) is 0 Å². The lowest BCUT2D eigenvalue weighted by Gasteiger charge is -2.46. The molecule has 5 N–H and O–H groups in total. The lowest BCUT2D eigenvalue weighted by molar-refractivity contribution is -0.157. The van der Waals surface area contributed by atoms with E-state index in [2.05, 4.69) is 24.9 Å². The highest BCUT2D eigenvalue weighted by molar-refractivity contribution is 6.03. The molecular formula is C110H95N15O20. The number of carbonyl (C=O) groups excluding carboxylic acids is 10. The van der Waals surface area contributed by atoms with Crippen LogP contribution in [0.15, 0.2) is 212 Å². The van der Waals surface area contributed by atoms with E-state index in [1.54, 1.807) is 42.5 Å². The maximum atomic E-state index is 13.9. The molecule has 0 saturated carbocycles. The number of carbonyl (C=O) groups is 10. The van der Waals surface area contributed by atoms with Gasteiger partial charge in [-0.2, -0.15) is 0 Å². The first kappa shape index (κ1) is 47.5. The maximum Gasteiger partial charge on any atom is 0.245 e. The van der Waals surface area contributed by atoms with Crippen LogP contribution < -0.4 is 47.4 Å². The molecule has 5 fully saturated rings. The SMILES string of the molecule is [2H]c1c([2H])c([2H])c2c3c([nH]c2c1[2H])[C@@]([2H])(c1ccc2c(c1)OC([2H])([2H])O2)N1C(=O)C([2H])([2H])N(C)C(=O)[C@H]1C3([2H])[2H].[2H]c1c([2H])c([C@]2([2H])c3[nH]c4c([2H])c([2H])c([2H])c([2H])c4c3C([2H])([2H])[C@@H]3C(=O)N(C)C([2H])([2H])C(=O)N32)c([2H])c2c1OC([2H])([2H])O2.[2H]c1c([2H])c([C@]2([2H])c3[nH]c4c([2H])c([2H])c([2H])c([2H])c4c3C([2H])([2H])[C@@H]3C(=O)N(C)C([2H])([2H])C(=O)N32)c([2H])c2c1OCO2.[2H]c1c([2H])c([C@]2([2H])c3[nH]c4ccccc4c3C([2H])([2H])[C@@H]3C(=O)N(C)C([2H])([2H])C(=O)N32)c([2H])c2c1OC([2H])([2H])O2.[2H]c1c([2H])c([C@]2([2H])c3[nH]c4ccccc4c3C([2H])([2H])[C@@H]3C(=O)N(C)C([2H])([2H])C(=O)N32)c([2H])c2c1OCO2. The van der Waals surface area contributed by atoms with Crippen molar-refractivity contribution in [2.45, 2.75) is 92.2 Å². The standard InChI is InChI=1S/5C22H19N3O4/c5*1-24-10-19(26)25-16(22(24)27)9-14-13-4-2-3-5-15(13)23-20(14)21(25)12-6-7-17-18(8-12)29-11-28-17/h5*2-8,16,21,23H,9-11H2,1H3/t5*16-,21-/m11111/s1/i2D,3D,4D,5D,6D,7D,8D,9D2,10D2,11D2,21D;2D,3D,4D,5D,6D,7D,8D,9D2,10D2,21D;2D,3D,4D,5D,9D2,10D2,11D2,21D;6D,7D,8D,9D2,10D2,11D2,21D;6D,7D,8D,9D2,10D2,21D. The van der Waals surface area contributed by atoms with E-state index in [9.17, 15) is 54.8 Å². The summed E-state index contributed by atoms with van der Waals surface area (Å²) in [6.07, 6.45) is -14.1. The molecule has 30 rings (SSSR count). The van der Waals surface area contributed by atoms with Crippen molar-refractivity contribution >= 4 is 114 Å². The fourth-order valence-electron chi connectivity index (χ4n) is 18.4. The van der Waals surface area contributed by atoms with E-state index in [0.717, 1.165) is 41.3 Å². The van der Waals surface area contributed by atoms with Gasteiger partial charge in [0.25, 0.3) is 0 Å². The zero-order valence-corrected chi connectivity index (χ0v) is 74.3. The van der Waals surface area contributed by atoms with Crippen molar-refractivity contribution in [1.82, 2.24) is 73.9 Å². The normalized spacial score (nSPS) is 35.3. The number of hydrogen-bond donors (Lipinski definition) is 5. The fraction of sp³-hybridized carbons (Fsp3) is 0.273. The van der Waals surface area contributed by atoms with E-state index in [4.69, 9.17) is 116 Å². The van der Waals surface area contributed by atoms with Gasteiger partial charge in [0.2, 0.25) is 92.9 Å². The van der Waals surface area contributed by atoms with E-state index >= 15 is 0 Å². The number of nitrogens with one attached hydrogen (secondary N) is 5. The third kappa shape index (κ3) is 14.2. The first-order valence-electron chi connectivity index (χ1n) is 70.7. The Labute approximate surface area is 904 Å². The summed E-state index contributed by atoms with van der Waals surface area (Å²) in [6.45, 7) is -24.3. The first-order chi connectivity index (χ1) is 92.2. The number of benzene rings is 10. The first-order valence-corrected chi connectivity index (χ1v) is 43.2. The molecule has 730 valence electrons. The molecule has 0 spiro atoms. The van der Waals surface area contributed by atoms with Crippen LogP contribution in [0, 0.1) is 0 Å². The molecule has 145 heavy (non-hydrogen) atoms. The van der Waals surface area contributed by atoms with Crippen LogP contribution in [-0.4, -0.2) is 265 Å². The Morgan fingerprint density at radius 1 is 0.269 bits per heavy atom. The number of piperazine rings is 5. The molecule has 0 radical (unpaired) electrons. The van der Waals surface area contributed by atoms with E-state index < -0.39 is 451 Å². The lowest BCUT2D eigenvalue weighted by Crippen LogP contribution is -2.62. The molecule has 0 unspecified atom stereocenters. The maximum absolute atomic E-state index is 13.9. The Morgan fingerprint density at radius 2 is 0.524 bits per heavy atom. The average molecular weight is 2000 g/mol. The fourth-order valence-corrected chi connectivity index (χ4v) is 18.4. The largest absolute Gasteiger partial charge is 0.454 e. The van der Waals surface area contributed by atoms with Gasteiger partial charge in [-0.1, -0.05) is 121 Å². The number of aromatic amines is 5. The molecule has 15 aliphatic heterocycles. The minimum Gasteiger partial charge on any atom is -0.454 e. The Morgan fingerprint density at radius 3 is 0.855 bits per heavy atom. The second-order valence-electron chi connectivity index (χ2n) is 33.1. The van der Waals surface area contributed by atoms with Gasteiger partial charge in [0, 0.05) is 164 Å². The van der Waals surface area contributed by atoms with Crippen molar-refractivity contribution < 1.29 is 171 Å². The summed E-state index contributed by atoms with van der Waals surface area (Å²) >= 11 is 0. The summed E-state index contributed by atoms with van der Waals surface area (Å²) in [5, 5.41) is -0.656. The van der Waals surface area contributed by atoms with Crippen LogP contribution >= 0.6 is 0 Å². The quantitative estimate of drug-likeness (QED) is 0.107. The molecule has 15 aliphatic rings. The van der Waals surface area contributed by atoms with Crippen molar-refractivity contribution in [2.24, 2.45) is 0 Å². The van der Waals surface area contributed by atoms with Gasteiger partial charge in [0.1, 0.15) is 38.4 Å². The van der Waals surface area contributed by atoms with Crippen LogP contribution in [0.1, 0.15) is 190 Å². The molecule has 10 aromatic carbocycles. The Balaban J connectivity index is 0.000000117. The average Bonchev–Trinajstić information content (AvgIpc) is 1.43. The third-order valence-electron chi connectivity index (χ3n) is 24.9. The van der Waals surface area contributed by atoms with Gasteiger partial charge < -0.3 is 121 Å². The van der Waals surface area contributed by atoms with Gasteiger partial charge in [0.15, 0.2) is 57.5 Å². The van der Waals surface area contributed by atoms with Crippen LogP contribution in [0.25, 0.3) is 54.5 Å². The topological polar surface area (TPSA) is 374 Å². The Bertz CT molecular complexity index is 11300. The molecule has 0 bridgehead atoms. The van der Waals surface area contributed by atoms with Gasteiger partial charge in [-0.05, 0) is 146 Å². The zero-order valence-electron chi connectivity index (χ0n) is 129. The summed E-state index contributed by atoms with van der Waals surface area (Å²) in [4.78, 5) is 155. The summed E-state index contributed by atoms with van der Waals surface area (Å²) in [6, 6.07) is -26.3. The minimum absolute atomic E-state index is 0.0485. The Kier molecular flexibility index (Phi) is 11.1. The number of likely N-dealkylation sites (N-methyl/N-ethyl adjacent to an activating group) is 5. The molecule has 10 atom stereocenters. The highest BCUT2D eigenvalue weighted by Gasteiger charge is 2.55. The van der Waals surface area contributed by atoms with Crippen molar-refractivity contribution in [3.63, 3.8) is 0 Å². The van der Waals surface area contributed by atoms with Gasteiger partial charge >= 0.3 is 0 Å². The third-order valence-corrected chi connectivity index (χ3v) is 24.9. The van der Waals surface area contributed by atoms with Crippen molar-refractivity contribution in [3.05, 3.63) is 296 Å². The van der Waals surface area contributed by atoms with Gasteiger partial charge in [-0.3, -0.25) is 47.9 Å². The second kappa shape index (κ2) is 33.9. The van der Waals surface area contributed by atoms with Crippen molar-refractivity contribution in [2.75, 3.05) is 102 Å². The summed E-state index contributed by atoms with van der Waals surface area (Å²) in [7, 11) is 4.86.